The number of fused-ring (bicyclic) bond motifs is 3. The Morgan fingerprint density at radius 1 is 1.09 bits per heavy atom. The predicted octanol–water partition coefficient (Wildman–Crippen LogP) is 4.20. The quantitative estimate of drug-likeness (QED) is 0.801. The number of likely N-dealkylation sites (tertiary alicyclic amines) is 1. The van der Waals surface area contributed by atoms with Gasteiger partial charge in [0.2, 0.25) is 0 Å². The molecule has 1 fully saturated rings. The summed E-state index contributed by atoms with van der Waals surface area (Å²) in [6.45, 7) is 3.42. The number of likely N-dealkylation sites (N-methyl/N-ethyl adjacent to an activating group) is 1. The van der Waals surface area contributed by atoms with Gasteiger partial charge in [0, 0.05) is 18.5 Å². The predicted molar refractivity (Wildman–Crippen MR) is 92.3 cm³/mol. The van der Waals surface area contributed by atoms with Crippen LogP contribution in [0.15, 0.2) is 48.5 Å². The van der Waals surface area contributed by atoms with Crippen molar-refractivity contribution < 1.29 is 0 Å². The van der Waals surface area contributed by atoms with Gasteiger partial charge in [0.15, 0.2) is 0 Å². The minimum Gasteiger partial charge on any atom is -0.302 e. The molecule has 4 rings (SSSR count). The second-order valence-electron chi connectivity index (χ2n) is 7.21. The number of benzene rings is 2. The molecule has 1 aliphatic heterocycles. The summed E-state index contributed by atoms with van der Waals surface area (Å²) >= 11 is 0. The maximum absolute atomic E-state index is 2.61. The van der Waals surface area contributed by atoms with E-state index in [2.05, 4.69) is 67.4 Å². The van der Waals surface area contributed by atoms with Gasteiger partial charge in [-0.2, -0.15) is 0 Å². The molecule has 0 bridgehead atoms. The molecule has 0 amide bonds. The highest BCUT2D eigenvalue weighted by Gasteiger charge is 2.42. The highest BCUT2D eigenvalue weighted by Crippen LogP contribution is 2.45. The van der Waals surface area contributed by atoms with Gasteiger partial charge in [-0.25, -0.2) is 0 Å². The summed E-state index contributed by atoms with van der Waals surface area (Å²) in [4.78, 5) is 2.61. The minimum absolute atomic E-state index is 0.695. The van der Waals surface area contributed by atoms with Gasteiger partial charge >= 0.3 is 0 Å². The van der Waals surface area contributed by atoms with Crippen molar-refractivity contribution >= 4 is 0 Å². The van der Waals surface area contributed by atoms with Crippen LogP contribution in [-0.4, -0.2) is 24.5 Å². The van der Waals surface area contributed by atoms with Gasteiger partial charge in [-0.1, -0.05) is 54.1 Å². The van der Waals surface area contributed by atoms with Crippen molar-refractivity contribution in [1.82, 2.24) is 4.90 Å². The van der Waals surface area contributed by atoms with Crippen LogP contribution >= 0.6 is 0 Å². The summed E-state index contributed by atoms with van der Waals surface area (Å²) in [7, 11) is 2.32. The first-order valence-electron chi connectivity index (χ1n) is 8.56. The molecule has 22 heavy (non-hydrogen) atoms. The van der Waals surface area contributed by atoms with Crippen molar-refractivity contribution in [3.8, 4) is 0 Å². The molecule has 1 heterocycles. The van der Waals surface area contributed by atoms with E-state index in [0.29, 0.717) is 6.04 Å². The lowest BCUT2D eigenvalue weighted by Gasteiger charge is -2.31. The summed E-state index contributed by atoms with van der Waals surface area (Å²) in [5.74, 6) is 1.56. The van der Waals surface area contributed by atoms with Crippen LogP contribution in [0.2, 0.25) is 0 Å². The normalized spacial score (nSPS) is 27.5. The fourth-order valence-corrected chi connectivity index (χ4v) is 4.73. The number of hydrogen-bond acceptors (Lipinski definition) is 1. The second-order valence-corrected chi connectivity index (χ2v) is 7.21. The van der Waals surface area contributed by atoms with Gasteiger partial charge in [-0.05, 0) is 55.8 Å². The molecule has 1 saturated heterocycles. The first-order valence-corrected chi connectivity index (χ1v) is 8.56. The summed E-state index contributed by atoms with van der Waals surface area (Å²) in [6.07, 6.45) is 3.81. The number of nitrogens with zero attached hydrogens (tertiary/aromatic N) is 1. The standard InChI is InChI=1S/C21H25N/c1-15-6-5-7-16(12-15)13-21-19-11-10-17-8-3-4-9-18(17)20(19)14-22(21)2/h3-9,12,19-21H,10-11,13-14H2,1-2H3. The van der Waals surface area contributed by atoms with E-state index in [-0.39, 0.29) is 0 Å². The van der Waals surface area contributed by atoms with Crippen molar-refractivity contribution in [2.45, 2.75) is 38.1 Å². The molecule has 0 radical (unpaired) electrons. The van der Waals surface area contributed by atoms with Gasteiger partial charge < -0.3 is 4.90 Å². The number of aryl methyl sites for hydroxylation is 2. The fourth-order valence-electron chi connectivity index (χ4n) is 4.73. The lowest BCUT2D eigenvalue weighted by molar-refractivity contribution is 0.259. The Balaban J connectivity index is 1.61. The summed E-state index contributed by atoms with van der Waals surface area (Å²) in [5.41, 5.74) is 6.09. The van der Waals surface area contributed by atoms with Crippen LogP contribution in [0.25, 0.3) is 0 Å². The molecule has 0 aromatic heterocycles. The monoisotopic (exact) mass is 291 g/mol. The van der Waals surface area contributed by atoms with Crippen LogP contribution in [-0.2, 0) is 12.8 Å². The van der Waals surface area contributed by atoms with Crippen LogP contribution in [0, 0.1) is 12.8 Å². The zero-order valence-corrected chi connectivity index (χ0v) is 13.6. The van der Waals surface area contributed by atoms with Crippen LogP contribution in [0.3, 0.4) is 0 Å². The van der Waals surface area contributed by atoms with E-state index in [1.807, 2.05) is 0 Å². The molecule has 1 nitrogen and oxygen atoms in total. The molecule has 0 spiro atoms. The van der Waals surface area contributed by atoms with Gasteiger partial charge in [0.05, 0.1) is 0 Å². The first-order chi connectivity index (χ1) is 10.7. The van der Waals surface area contributed by atoms with E-state index in [1.165, 1.54) is 36.9 Å². The average molecular weight is 291 g/mol. The number of rotatable bonds is 2. The third kappa shape index (κ3) is 2.38. The Morgan fingerprint density at radius 3 is 2.82 bits per heavy atom. The average Bonchev–Trinajstić information content (AvgIpc) is 2.84. The van der Waals surface area contributed by atoms with E-state index < -0.39 is 0 Å². The Bertz CT molecular complexity index is 675. The van der Waals surface area contributed by atoms with Crippen molar-refractivity contribution in [3.63, 3.8) is 0 Å². The SMILES string of the molecule is Cc1cccc(CC2C3CCc4ccccc4C3CN2C)c1. The maximum atomic E-state index is 2.61. The third-order valence-electron chi connectivity index (χ3n) is 5.79. The van der Waals surface area contributed by atoms with Gasteiger partial charge in [0.1, 0.15) is 0 Å². The van der Waals surface area contributed by atoms with E-state index in [9.17, 15) is 0 Å². The molecule has 0 saturated carbocycles. The summed E-state index contributed by atoms with van der Waals surface area (Å²) < 4.78 is 0. The molecule has 114 valence electrons. The summed E-state index contributed by atoms with van der Waals surface area (Å²) in [6, 6.07) is 18.9. The second kappa shape index (κ2) is 5.55. The number of hydrogen-bond donors (Lipinski definition) is 0. The summed E-state index contributed by atoms with van der Waals surface area (Å²) in [5, 5.41) is 0. The zero-order chi connectivity index (χ0) is 15.1. The minimum atomic E-state index is 0.695. The van der Waals surface area contributed by atoms with Crippen LogP contribution < -0.4 is 0 Å². The van der Waals surface area contributed by atoms with E-state index in [0.717, 1.165) is 11.8 Å². The van der Waals surface area contributed by atoms with Crippen LogP contribution in [0.5, 0.6) is 0 Å². The van der Waals surface area contributed by atoms with Gasteiger partial charge in [0.25, 0.3) is 0 Å². The molecular weight excluding hydrogens is 266 g/mol. The molecule has 1 heteroatoms. The molecule has 2 aliphatic rings. The highest BCUT2D eigenvalue weighted by molar-refractivity contribution is 5.36. The van der Waals surface area contributed by atoms with Crippen molar-refractivity contribution in [3.05, 3.63) is 70.8 Å². The molecule has 0 N–H and O–H groups in total. The van der Waals surface area contributed by atoms with Crippen molar-refractivity contribution in [2.75, 3.05) is 13.6 Å². The Hall–Kier alpha value is -1.60. The fraction of sp³-hybridized carbons (Fsp3) is 0.429. The van der Waals surface area contributed by atoms with Crippen LogP contribution in [0.4, 0.5) is 0 Å². The lowest BCUT2D eigenvalue weighted by atomic mass is 9.73. The van der Waals surface area contributed by atoms with E-state index in [1.54, 1.807) is 11.1 Å². The molecule has 1 aliphatic carbocycles. The first kappa shape index (κ1) is 14.0. The molecule has 3 unspecified atom stereocenters. The topological polar surface area (TPSA) is 3.24 Å². The Labute approximate surface area is 134 Å². The zero-order valence-electron chi connectivity index (χ0n) is 13.6. The van der Waals surface area contributed by atoms with E-state index >= 15 is 0 Å². The smallest absolute Gasteiger partial charge is 0.0167 e. The van der Waals surface area contributed by atoms with Crippen molar-refractivity contribution in [2.24, 2.45) is 5.92 Å². The molecule has 2 aromatic rings. The highest BCUT2D eigenvalue weighted by atomic mass is 15.2. The molecular formula is C21H25N. The Morgan fingerprint density at radius 2 is 1.95 bits per heavy atom. The third-order valence-corrected chi connectivity index (χ3v) is 5.79. The van der Waals surface area contributed by atoms with Gasteiger partial charge in [-0.15, -0.1) is 0 Å². The maximum Gasteiger partial charge on any atom is 0.0167 e. The molecule has 2 aromatic carbocycles. The Kier molecular flexibility index (Phi) is 3.54. The van der Waals surface area contributed by atoms with Crippen molar-refractivity contribution in [1.29, 1.82) is 0 Å². The van der Waals surface area contributed by atoms with Gasteiger partial charge in [-0.3, -0.25) is 0 Å². The largest absolute Gasteiger partial charge is 0.302 e. The van der Waals surface area contributed by atoms with E-state index in [4.69, 9.17) is 0 Å². The van der Waals surface area contributed by atoms with Crippen LogP contribution in [0.1, 0.15) is 34.6 Å². The molecule has 3 atom stereocenters. The lowest BCUT2D eigenvalue weighted by Crippen LogP contribution is -2.32.